The SMILES string of the molecule is COc1ccc(NS(=O)(=O)c2ccc(NC(=O)C=Cc3cccs3)cc2)cc1. The van der Waals surface area contributed by atoms with Crippen molar-refractivity contribution in [1.82, 2.24) is 0 Å². The molecule has 2 N–H and O–H groups in total. The van der Waals surface area contributed by atoms with Crippen LogP contribution >= 0.6 is 11.3 Å². The third kappa shape index (κ3) is 5.21. The second kappa shape index (κ2) is 8.73. The van der Waals surface area contributed by atoms with Gasteiger partial charge in [-0.2, -0.15) is 0 Å². The highest BCUT2D eigenvalue weighted by atomic mass is 32.2. The van der Waals surface area contributed by atoms with Gasteiger partial charge < -0.3 is 10.1 Å². The summed E-state index contributed by atoms with van der Waals surface area (Å²) in [5.74, 6) is 0.344. The van der Waals surface area contributed by atoms with Crippen molar-refractivity contribution >= 4 is 44.7 Å². The summed E-state index contributed by atoms with van der Waals surface area (Å²) in [5, 5.41) is 4.62. The van der Waals surface area contributed by atoms with Gasteiger partial charge in [-0.15, -0.1) is 11.3 Å². The van der Waals surface area contributed by atoms with Crippen LogP contribution in [0, 0.1) is 0 Å². The van der Waals surface area contributed by atoms with Gasteiger partial charge in [0.05, 0.1) is 12.0 Å². The topological polar surface area (TPSA) is 84.5 Å². The fourth-order valence-corrected chi connectivity index (χ4v) is 4.00. The van der Waals surface area contributed by atoms with Gasteiger partial charge in [0.15, 0.2) is 0 Å². The molecule has 0 bridgehead atoms. The maximum Gasteiger partial charge on any atom is 0.261 e. The number of sulfonamides is 1. The predicted molar refractivity (Wildman–Crippen MR) is 112 cm³/mol. The summed E-state index contributed by atoms with van der Waals surface area (Å²) in [4.78, 5) is 13.0. The van der Waals surface area contributed by atoms with E-state index in [4.69, 9.17) is 4.74 Å². The lowest BCUT2D eigenvalue weighted by atomic mass is 10.3. The summed E-state index contributed by atoms with van der Waals surface area (Å²) >= 11 is 1.53. The minimum atomic E-state index is -3.73. The van der Waals surface area contributed by atoms with Crippen molar-refractivity contribution in [2.75, 3.05) is 17.1 Å². The molecule has 3 rings (SSSR count). The van der Waals surface area contributed by atoms with E-state index >= 15 is 0 Å². The minimum Gasteiger partial charge on any atom is -0.497 e. The lowest BCUT2D eigenvalue weighted by Gasteiger charge is -2.09. The van der Waals surface area contributed by atoms with E-state index < -0.39 is 10.0 Å². The monoisotopic (exact) mass is 414 g/mol. The van der Waals surface area contributed by atoms with Crippen LogP contribution in [-0.4, -0.2) is 21.4 Å². The van der Waals surface area contributed by atoms with E-state index in [-0.39, 0.29) is 10.8 Å². The van der Waals surface area contributed by atoms with Crippen molar-refractivity contribution in [3.05, 3.63) is 77.0 Å². The molecule has 3 aromatic rings. The van der Waals surface area contributed by atoms with Crippen LogP contribution in [0.1, 0.15) is 4.88 Å². The number of anilines is 2. The van der Waals surface area contributed by atoms with E-state index in [2.05, 4.69) is 10.0 Å². The quantitative estimate of drug-likeness (QED) is 0.567. The average molecular weight is 415 g/mol. The van der Waals surface area contributed by atoms with Crippen LogP contribution < -0.4 is 14.8 Å². The molecule has 0 unspecified atom stereocenters. The molecule has 0 saturated heterocycles. The molecule has 0 fully saturated rings. The number of ether oxygens (including phenoxy) is 1. The zero-order chi connectivity index (χ0) is 20.0. The molecule has 6 nitrogen and oxygen atoms in total. The Morgan fingerprint density at radius 1 is 1.00 bits per heavy atom. The molecular formula is C20H18N2O4S2. The standard InChI is InChI=1S/C20H18N2O4S2/c1-26-17-8-4-16(5-9-17)22-28(24,25)19-11-6-15(7-12-19)21-20(23)13-10-18-3-2-14-27-18/h2-14,22H,1H3,(H,21,23). The van der Waals surface area contributed by atoms with Gasteiger partial charge in [0.2, 0.25) is 5.91 Å². The highest BCUT2D eigenvalue weighted by Crippen LogP contribution is 2.20. The Hall–Kier alpha value is -3.10. The first kappa shape index (κ1) is 19.7. The lowest BCUT2D eigenvalue weighted by Crippen LogP contribution is -2.13. The van der Waals surface area contributed by atoms with Crippen LogP contribution in [0.25, 0.3) is 6.08 Å². The van der Waals surface area contributed by atoms with Crippen LogP contribution in [0.3, 0.4) is 0 Å². The first-order chi connectivity index (χ1) is 13.5. The number of amides is 1. The van der Waals surface area contributed by atoms with Crippen molar-refractivity contribution in [1.29, 1.82) is 0 Å². The summed E-state index contributed by atoms with van der Waals surface area (Å²) in [7, 11) is -2.19. The maximum absolute atomic E-state index is 12.5. The number of thiophene rings is 1. The number of rotatable bonds is 7. The molecule has 0 aliphatic heterocycles. The molecule has 28 heavy (non-hydrogen) atoms. The molecule has 8 heteroatoms. The summed E-state index contributed by atoms with van der Waals surface area (Å²) in [6.45, 7) is 0. The molecule has 1 amide bonds. The van der Waals surface area contributed by atoms with Crippen LogP contribution in [0.15, 0.2) is 77.0 Å². The molecule has 0 atom stereocenters. The molecule has 0 saturated carbocycles. The van der Waals surface area contributed by atoms with Crippen molar-refractivity contribution < 1.29 is 17.9 Å². The fraction of sp³-hybridized carbons (Fsp3) is 0.0500. The van der Waals surface area contributed by atoms with Crippen LogP contribution in [0.2, 0.25) is 0 Å². The Balaban J connectivity index is 1.64. The van der Waals surface area contributed by atoms with Gasteiger partial charge in [0, 0.05) is 22.3 Å². The number of hydrogen-bond donors (Lipinski definition) is 2. The van der Waals surface area contributed by atoms with Crippen LogP contribution in [-0.2, 0) is 14.8 Å². The zero-order valence-electron chi connectivity index (χ0n) is 15.0. The minimum absolute atomic E-state index is 0.0930. The third-order valence-corrected chi connectivity index (χ3v) is 5.95. The molecular weight excluding hydrogens is 396 g/mol. The van der Waals surface area contributed by atoms with Crippen molar-refractivity contribution in [3.63, 3.8) is 0 Å². The fourth-order valence-electron chi connectivity index (χ4n) is 2.32. The van der Waals surface area contributed by atoms with Crippen LogP contribution in [0.4, 0.5) is 11.4 Å². The Morgan fingerprint density at radius 2 is 1.68 bits per heavy atom. The number of carbonyl (C=O) groups excluding carboxylic acids is 1. The highest BCUT2D eigenvalue weighted by Gasteiger charge is 2.14. The first-order valence-electron chi connectivity index (χ1n) is 8.26. The molecule has 1 aromatic heterocycles. The van der Waals surface area contributed by atoms with Gasteiger partial charge in [-0.1, -0.05) is 6.07 Å². The van der Waals surface area contributed by atoms with Crippen molar-refractivity contribution in [3.8, 4) is 5.75 Å². The molecule has 0 radical (unpaired) electrons. The second-order valence-electron chi connectivity index (χ2n) is 5.70. The average Bonchev–Trinajstić information content (AvgIpc) is 3.21. The maximum atomic E-state index is 12.5. The van der Waals surface area contributed by atoms with Crippen LogP contribution in [0.5, 0.6) is 5.75 Å². The van der Waals surface area contributed by atoms with Gasteiger partial charge >= 0.3 is 0 Å². The van der Waals surface area contributed by atoms with Gasteiger partial charge in [0.25, 0.3) is 10.0 Å². The smallest absolute Gasteiger partial charge is 0.261 e. The highest BCUT2D eigenvalue weighted by molar-refractivity contribution is 7.92. The molecule has 144 valence electrons. The molecule has 2 aromatic carbocycles. The lowest BCUT2D eigenvalue weighted by molar-refractivity contribution is -0.111. The Morgan fingerprint density at radius 3 is 2.29 bits per heavy atom. The van der Waals surface area contributed by atoms with Gasteiger partial charge in [-0.3, -0.25) is 9.52 Å². The normalized spacial score (nSPS) is 11.3. The predicted octanol–water partition coefficient (Wildman–Crippen LogP) is 4.21. The summed E-state index contributed by atoms with van der Waals surface area (Å²) in [6, 6.07) is 16.3. The Labute approximate surface area is 167 Å². The third-order valence-electron chi connectivity index (χ3n) is 3.72. The number of carbonyl (C=O) groups is 1. The first-order valence-corrected chi connectivity index (χ1v) is 10.6. The summed E-state index contributed by atoms with van der Waals surface area (Å²) < 4.78 is 32.5. The van der Waals surface area contributed by atoms with Gasteiger partial charge in [-0.05, 0) is 66.1 Å². The molecule has 0 spiro atoms. The van der Waals surface area contributed by atoms with E-state index in [0.717, 1.165) is 4.88 Å². The van der Waals surface area contributed by atoms with Crippen molar-refractivity contribution in [2.45, 2.75) is 4.90 Å². The van der Waals surface area contributed by atoms with E-state index in [0.29, 0.717) is 17.1 Å². The van der Waals surface area contributed by atoms with E-state index in [1.54, 1.807) is 42.5 Å². The molecule has 1 heterocycles. The van der Waals surface area contributed by atoms with Crippen molar-refractivity contribution in [2.24, 2.45) is 0 Å². The second-order valence-corrected chi connectivity index (χ2v) is 8.36. The largest absolute Gasteiger partial charge is 0.497 e. The number of methoxy groups -OCH3 is 1. The van der Waals surface area contributed by atoms with E-state index in [9.17, 15) is 13.2 Å². The van der Waals surface area contributed by atoms with Gasteiger partial charge in [0.1, 0.15) is 5.75 Å². The zero-order valence-corrected chi connectivity index (χ0v) is 16.6. The molecule has 0 aliphatic carbocycles. The summed E-state index contributed by atoms with van der Waals surface area (Å²) in [5.41, 5.74) is 0.932. The Kier molecular flexibility index (Phi) is 6.13. The number of nitrogens with one attached hydrogen (secondary N) is 2. The summed E-state index contributed by atoms with van der Waals surface area (Å²) in [6.07, 6.45) is 3.15. The number of hydrogen-bond acceptors (Lipinski definition) is 5. The van der Waals surface area contributed by atoms with E-state index in [1.165, 1.54) is 36.7 Å². The Bertz CT molecular complexity index is 1060. The molecule has 0 aliphatic rings. The van der Waals surface area contributed by atoms with E-state index in [1.807, 2.05) is 17.5 Å². The van der Waals surface area contributed by atoms with Gasteiger partial charge in [-0.25, -0.2) is 8.42 Å². The number of benzene rings is 2.